The zero-order chi connectivity index (χ0) is 44.9. The van der Waals surface area contributed by atoms with E-state index in [0.717, 1.165) is 87.1 Å². The Labute approximate surface area is 377 Å². The predicted octanol–water partition coefficient (Wildman–Crippen LogP) is 9.74. The van der Waals surface area contributed by atoms with Gasteiger partial charge in [-0.25, -0.2) is 0 Å². The molecule has 2 aromatic heterocycles. The third-order valence-electron chi connectivity index (χ3n) is 10.3. The molecule has 13 heteroatoms. The first-order chi connectivity index (χ1) is 30.5. The van der Waals surface area contributed by atoms with Crippen LogP contribution in [-0.2, 0) is 25.9 Å². The van der Waals surface area contributed by atoms with E-state index in [1.165, 1.54) is 11.1 Å². The fraction of sp³-hybridized carbons (Fsp3) is 0.120. The lowest BCUT2D eigenvalue weighted by molar-refractivity contribution is 0.101. The number of nitrogens with two attached hydrogens (primary N) is 5. The predicted molar refractivity (Wildman–Crippen MR) is 263 cm³/mol. The Morgan fingerprint density at radius 1 is 0.508 bits per heavy atom. The molecule has 0 aliphatic rings. The molecule has 0 spiro atoms. The Morgan fingerprint density at radius 3 is 1.29 bits per heavy atom. The number of Topliss-reactive ketones (excluding diaryl/α,β-unsaturated/α-hetero) is 1. The third kappa shape index (κ3) is 11.3. The number of carbonyl (C=O) groups is 1. The molecule has 11 nitrogen and oxygen atoms in total. The molecule has 6 aromatic carbocycles. The zero-order valence-corrected chi connectivity index (χ0v) is 36.6. The standard InChI is InChI=1S/C25H24ClN5.C24H20ClNO.CH6N4/c1-17(29-30-25(27)28)23-21-9-5-6-10-22(21)31(16-15-18-7-3-2-4-8-18)24(23)19-11-13-20(26)14-12-19;1-17(27)23-21-9-5-6-10-22(21)26(16-15-18-7-3-2-4-8-18)24(23)19-11-13-20(25)14-12-19;2-1(3)5-4/h2-14H,15-16H2,1H3,(H4,27,28,30);2-14H,15-16H2,1H3;4H2,(H4,2,3,5)/b29-17+;;. The number of hydrogen-bond acceptors (Lipinski definition) is 5. The van der Waals surface area contributed by atoms with Gasteiger partial charge in [-0.15, -0.1) is 10.2 Å². The number of nitrogens with zero attached hydrogens (tertiary/aromatic N) is 5. The average Bonchev–Trinajstić information content (AvgIpc) is 3.81. The summed E-state index contributed by atoms with van der Waals surface area (Å²) in [6.07, 6.45) is 1.81. The van der Waals surface area contributed by atoms with E-state index in [1.807, 2.05) is 91.9 Å². The van der Waals surface area contributed by atoms with Crippen molar-refractivity contribution in [3.8, 4) is 22.5 Å². The van der Waals surface area contributed by atoms with Crippen molar-refractivity contribution in [1.29, 1.82) is 0 Å². The molecule has 10 N–H and O–H groups in total. The number of halogens is 2. The van der Waals surface area contributed by atoms with Gasteiger partial charge >= 0.3 is 0 Å². The summed E-state index contributed by atoms with van der Waals surface area (Å²) in [6.45, 7) is 5.19. The van der Waals surface area contributed by atoms with Gasteiger partial charge in [-0.05, 0) is 85.3 Å². The molecular weight excluding hydrogens is 828 g/mol. The number of carbonyl (C=O) groups excluding carboxylic acids is 1. The number of benzene rings is 6. The molecule has 0 saturated heterocycles. The fourth-order valence-electron chi connectivity index (χ4n) is 7.56. The Hall–Kier alpha value is -7.34. The first-order valence-electron chi connectivity index (χ1n) is 20.2. The monoisotopic (exact) mass is 876 g/mol. The summed E-state index contributed by atoms with van der Waals surface area (Å²) in [6, 6.07) is 53.0. The Balaban J connectivity index is 0.000000191. The maximum atomic E-state index is 12.6. The van der Waals surface area contributed by atoms with Crippen molar-refractivity contribution in [2.24, 2.45) is 44.1 Å². The highest BCUT2D eigenvalue weighted by Crippen LogP contribution is 2.37. The highest BCUT2D eigenvalue weighted by atomic mass is 35.5. The molecule has 0 aliphatic heterocycles. The van der Waals surface area contributed by atoms with E-state index < -0.39 is 0 Å². The van der Waals surface area contributed by atoms with Gasteiger partial charge in [0, 0.05) is 50.5 Å². The van der Waals surface area contributed by atoms with Crippen molar-refractivity contribution in [1.82, 2.24) is 9.13 Å². The second kappa shape index (κ2) is 21.4. The second-order valence-electron chi connectivity index (χ2n) is 14.6. The number of aryl methyl sites for hydroxylation is 4. The van der Waals surface area contributed by atoms with Gasteiger partial charge in [0.1, 0.15) is 0 Å². The molecule has 2 heterocycles. The van der Waals surface area contributed by atoms with Gasteiger partial charge in [0.25, 0.3) is 0 Å². The lowest BCUT2D eigenvalue weighted by Crippen LogP contribution is -2.23. The van der Waals surface area contributed by atoms with E-state index in [9.17, 15) is 4.79 Å². The van der Waals surface area contributed by atoms with E-state index in [0.29, 0.717) is 10.0 Å². The van der Waals surface area contributed by atoms with E-state index in [1.54, 1.807) is 6.92 Å². The van der Waals surface area contributed by atoms with Crippen LogP contribution in [0.3, 0.4) is 0 Å². The number of ketones is 1. The summed E-state index contributed by atoms with van der Waals surface area (Å²) in [5, 5.41) is 14.5. The van der Waals surface area contributed by atoms with E-state index >= 15 is 0 Å². The van der Waals surface area contributed by atoms with Crippen molar-refractivity contribution in [3.63, 3.8) is 0 Å². The maximum Gasteiger partial charge on any atom is 0.211 e. The van der Waals surface area contributed by atoms with Gasteiger partial charge in [0.2, 0.25) is 11.9 Å². The summed E-state index contributed by atoms with van der Waals surface area (Å²) in [5.41, 5.74) is 31.8. The minimum absolute atomic E-state index is 0.0693. The van der Waals surface area contributed by atoms with Crippen molar-refractivity contribution in [3.05, 3.63) is 190 Å². The molecule has 0 radical (unpaired) electrons. The van der Waals surface area contributed by atoms with Crippen LogP contribution in [0.25, 0.3) is 44.3 Å². The molecule has 8 rings (SSSR count). The van der Waals surface area contributed by atoms with E-state index in [2.05, 4.69) is 103 Å². The molecule has 0 amide bonds. The van der Waals surface area contributed by atoms with Crippen LogP contribution in [0.5, 0.6) is 0 Å². The van der Waals surface area contributed by atoms with Gasteiger partial charge in [-0.3, -0.25) is 4.79 Å². The van der Waals surface area contributed by atoms with Crippen molar-refractivity contribution in [2.75, 3.05) is 0 Å². The molecule has 8 aromatic rings. The molecule has 0 saturated carbocycles. The van der Waals surface area contributed by atoms with Gasteiger partial charge < -0.3 is 37.9 Å². The van der Waals surface area contributed by atoms with Gasteiger partial charge in [-0.1, -0.05) is 145 Å². The number of aromatic nitrogens is 2. The molecule has 320 valence electrons. The number of rotatable bonds is 11. The van der Waals surface area contributed by atoms with Gasteiger partial charge in [0.05, 0.1) is 22.7 Å². The van der Waals surface area contributed by atoms with Crippen LogP contribution in [-0.4, -0.2) is 32.5 Å². The van der Waals surface area contributed by atoms with E-state index in [-0.39, 0.29) is 17.7 Å². The number of guanidine groups is 2. The van der Waals surface area contributed by atoms with Crippen LogP contribution in [0.2, 0.25) is 10.0 Å². The highest BCUT2D eigenvalue weighted by Gasteiger charge is 2.22. The summed E-state index contributed by atoms with van der Waals surface area (Å²) < 4.78 is 4.61. The maximum absolute atomic E-state index is 12.6. The number of hydrogen-bond donors (Lipinski definition) is 5. The summed E-state index contributed by atoms with van der Waals surface area (Å²) in [4.78, 5) is 12.6. The second-order valence-corrected chi connectivity index (χ2v) is 15.5. The van der Waals surface area contributed by atoms with Crippen LogP contribution in [0.15, 0.2) is 173 Å². The van der Waals surface area contributed by atoms with Crippen LogP contribution in [0.4, 0.5) is 0 Å². The number of para-hydroxylation sites is 2. The fourth-order valence-corrected chi connectivity index (χ4v) is 7.82. The van der Waals surface area contributed by atoms with Crippen LogP contribution < -0.4 is 28.8 Å². The molecule has 0 bridgehead atoms. The van der Waals surface area contributed by atoms with E-state index in [4.69, 9.17) is 46.1 Å². The third-order valence-corrected chi connectivity index (χ3v) is 10.8. The molecule has 0 unspecified atom stereocenters. The SMILES string of the molecule is C/C(=N\N=C(N)N)c1c(-c2ccc(Cl)cc2)n(CCc2ccccc2)c2ccccc12.CC(=O)c1c(-c2ccc(Cl)cc2)n(CCc2ccccc2)c2ccccc12.NN=C(N)N. The van der Waals surface area contributed by atoms with Crippen molar-refractivity contribution in [2.45, 2.75) is 39.8 Å². The first kappa shape index (κ1) is 45.2. The normalized spacial score (nSPS) is 11.0. The molecular formula is C50H50Cl2N10O. The average molecular weight is 878 g/mol. The number of fused-ring (bicyclic) bond motifs is 2. The Bertz CT molecular complexity index is 2880. The summed E-state index contributed by atoms with van der Waals surface area (Å²) >= 11 is 12.3. The number of hydrazone groups is 1. The molecule has 0 atom stereocenters. The lowest BCUT2D eigenvalue weighted by Gasteiger charge is -2.13. The Kier molecular flexibility index (Phi) is 15.4. The topological polar surface area (TPSA) is 194 Å². The summed E-state index contributed by atoms with van der Waals surface area (Å²) in [7, 11) is 0. The van der Waals surface area contributed by atoms with Crippen molar-refractivity contribution >= 4 is 68.4 Å². The smallest absolute Gasteiger partial charge is 0.211 e. The van der Waals surface area contributed by atoms with Crippen LogP contribution >= 0.6 is 23.2 Å². The zero-order valence-electron chi connectivity index (χ0n) is 35.1. The van der Waals surface area contributed by atoms with Crippen molar-refractivity contribution < 1.29 is 4.79 Å². The van der Waals surface area contributed by atoms with Gasteiger partial charge in [0.15, 0.2) is 5.78 Å². The lowest BCUT2D eigenvalue weighted by atomic mass is 10.0. The molecule has 0 aliphatic carbocycles. The highest BCUT2D eigenvalue weighted by molar-refractivity contribution is 6.31. The molecule has 0 fully saturated rings. The quantitative estimate of drug-likeness (QED) is 0.0282. The minimum atomic E-state index is -0.0926. The minimum Gasteiger partial charge on any atom is -0.369 e. The van der Waals surface area contributed by atoms with Crippen LogP contribution in [0, 0.1) is 0 Å². The summed E-state index contributed by atoms with van der Waals surface area (Å²) in [5.74, 6) is 4.43. The van der Waals surface area contributed by atoms with Crippen LogP contribution in [0.1, 0.15) is 40.9 Å². The molecule has 63 heavy (non-hydrogen) atoms. The van der Waals surface area contributed by atoms with Gasteiger partial charge in [-0.2, -0.15) is 5.10 Å². The Morgan fingerprint density at radius 2 is 0.889 bits per heavy atom. The first-order valence-corrected chi connectivity index (χ1v) is 21.0. The largest absolute Gasteiger partial charge is 0.369 e.